The van der Waals surface area contributed by atoms with Crippen LogP contribution in [-0.2, 0) is 13.0 Å². The molecule has 0 atom stereocenters. The van der Waals surface area contributed by atoms with Gasteiger partial charge < -0.3 is 15.4 Å². The Kier molecular flexibility index (Phi) is 6.59. The third-order valence-corrected chi connectivity index (χ3v) is 5.06. The van der Waals surface area contributed by atoms with Crippen molar-refractivity contribution in [3.8, 4) is 11.6 Å². The van der Waals surface area contributed by atoms with Crippen molar-refractivity contribution in [2.45, 2.75) is 25.8 Å². The highest BCUT2D eigenvalue weighted by atomic mass is 16.5. The molecule has 1 aliphatic carbocycles. The van der Waals surface area contributed by atoms with E-state index in [1.807, 2.05) is 29.1 Å². The minimum atomic E-state index is 0.667. The summed E-state index contributed by atoms with van der Waals surface area (Å²) in [6.07, 6.45) is 8.98. The molecule has 0 amide bonds. The molecule has 0 spiro atoms. The van der Waals surface area contributed by atoms with Crippen molar-refractivity contribution < 1.29 is 4.74 Å². The van der Waals surface area contributed by atoms with Crippen LogP contribution < -0.4 is 15.4 Å². The van der Waals surface area contributed by atoms with Gasteiger partial charge in [0.1, 0.15) is 0 Å². The van der Waals surface area contributed by atoms with E-state index in [4.69, 9.17) is 4.74 Å². The molecule has 0 saturated heterocycles. The summed E-state index contributed by atoms with van der Waals surface area (Å²) in [6.45, 7) is 2.24. The second kappa shape index (κ2) is 9.91. The van der Waals surface area contributed by atoms with Crippen molar-refractivity contribution in [1.29, 1.82) is 0 Å². The fraction of sp³-hybridized carbons (Fsp3) is 0.348. The average Bonchev–Trinajstić information content (AvgIpc) is 3.46. The first kappa shape index (κ1) is 19.9. The predicted molar refractivity (Wildman–Crippen MR) is 118 cm³/mol. The molecule has 1 saturated carbocycles. The molecule has 3 aromatic rings. The third-order valence-electron chi connectivity index (χ3n) is 5.06. The van der Waals surface area contributed by atoms with Gasteiger partial charge in [0, 0.05) is 44.8 Å². The van der Waals surface area contributed by atoms with E-state index in [0.29, 0.717) is 12.4 Å². The number of pyridine rings is 1. The molecule has 7 heteroatoms. The second-order valence-corrected chi connectivity index (χ2v) is 7.48. The number of nitrogens with zero attached hydrogens (tertiary/aromatic N) is 4. The number of benzene rings is 1. The van der Waals surface area contributed by atoms with Gasteiger partial charge in [0.2, 0.25) is 5.88 Å². The van der Waals surface area contributed by atoms with E-state index in [1.165, 1.54) is 18.4 Å². The summed E-state index contributed by atoms with van der Waals surface area (Å²) >= 11 is 0. The SMILES string of the molecule is CN=C(NCCc1ccc(-n2cccn2)cc1)NCc1ccnc(OCC2CC2)c1. The molecular formula is C23H28N6O. The van der Waals surface area contributed by atoms with Crippen molar-refractivity contribution in [1.82, 2.24) is 25.4 Å². The van der Waals surface area contributed by atoms with Crippen molar-refractivity contribution in [2.75, 3.05) is 20.2 Å². The van der Waals surface area contributed by atoms with Gasteiger partial charge in [0.25, 0.3) is 0 Å². The molecule has 156 valence electrons. The first-order valence-corrected chi connectivity index (χ1v) is 10.4. The fourth-order valence-electron chi connectivity index (χ4n) is 3.10. The fourth-order valence-corrected chi connectivity index (χ4v) is 3.10. The number of guanidine groups is 1. The third kappa shape index (κ3) is 5.83. The van der Waals surface area contributed by atoms with E-state index in [1.54, 1.807) is 19.4 Å². The van der Waals surface area contributed by atoms with Gasteiger partial charge in [-0.05, 0) is 60.6 Å². The van der Waals surface area contributed by atoms with Crippen LogP contribution in [0.4, 0.5) is 0 Å². The van der Waals surface area contributed by atoms with E-state index in [2.05, 4.69) is 50.0 Å². The Morgan fingerprint density at radius 2 is 2.00 bits per heavy atom. The maximum atomic E-state index is 5.76. The van der Waals surface area contributed by atoms with Crippen LogP contribution in [0.15, 0.2) is 66.0 Å². The number of aromatic nitrogens is 3. The topological polar surface area (TPSA) is 76.4 Å². The summed E-state index contributed by atoms with van der Waals surface area (Å²) in [5.74, 6) is 2.20. The van der Waals surface area contributed by atoms with Crippen LogP contribution in [0.2, 0.25) is 0 Å². The number of aliphatic imine (C=N–C) groups is 1. The Morgan fingerprint density at radius 3 is 2.73 bits per heavy atom. The minimum Gasteiger partial charge on any atom is -0.477 e. The Labute approximate surface area is 177 Å². The highest BCUT2D eigenvalue weighted by molar-refractivity contribution is 5.79. The van der Waals surface area contributed by atoms with Gasteiger partial charge >= 0.3 is 0 Å². The largest absolute Gasteiger partial charge is 0.477 e. The van der Waals surface area contributed by atoms with Gasteiger partial charge in [0.05, 0.1) is 12.3 Å². The molecule has 1 aromatic carbocycles. The van der Waals surface area contributed by atoms with Crippen molar-refractivity contribution in [2.24, 2.45) is 10.9 Å². The summed E-state index contributed by atoms with van der Waals surface area (Å²) in [4.78, 5) is 8.60. The zero-order valence-electron chi connectivity index (χ0n) is 17.3. The molecular weight excluding hydrogens is 376 g/mol. The average molecular weight is 405 g/mol. The monoisotopic (exact) mass is 404 g/mol. The summed E-state index contributed by atoms with van der Waals surface area (Å²) in [6, 6.07) is 14.3. The molecule has 1 aliphatic rings. The van der Waals surface area contributed by atoms with Crippen LogP contribution in [0.3, 0.4) is 0 Å². The van der Waals surface area contributed by atoms with E-state index in [-0.39, 0.29) is 0 Å². The Morgan fingerprint density at radius 1 is 1.13 bits per heavy atom. The lowest BCUT2D eigenvalue weighted by Gasteiger charge is -2.13. The molecule has 2 heterocycles. The van der Waals surface area contributed by atoms with Crippen LogP contribution in [0, 0.1) is 5.92 Å². The van der Waals surface area contributed by atoms with Crippen molar-refractivity contribution in [3.05, 3.63) is 72.2 Å². The van der Waals surface area contributed by atoms with E-state index < -0.39 is 0 Å². The smallest absolute Gasteiger partial charge is 0.213 e. The van der Waals surface area contributed by atoms with Crippen molar-refractivity contribution >= 4 is 5.96 Å². The molecule has 0 radical (unpaired) electrons. The Bertz CT molecular complexity index is 948. The first-order chi connectivity index (χ1) is 14.8. The molecule has 0 aliphatic heterocycles. The van der Waals surface area contributed by atoms with Crippen LogP contribution in [0.5, 0.6) is 5.88 Å². The van der Waals surface area contributed by atoms with Gasteiger partial charge in [-0.3, -0.25) is 4.99 Å². The molecule has 2 N–H and O–H groups in total. The molecule has 2 aromatic heterocycles. The van der Waals surface area contributed by atoms with Gasteiger partial charge in [-0.25, -0.2) is 9.67 Å². The number of rotatable bonds is 9. The molecule has 30 heavy (non-hydrogen) atoms. The molecule has 4 rings (SSSR count). The molecule has 1 fully saturated rings. The Balaban J connectivity index is 1.21. The highest BCUT2D eigenvalue weighted by Gasteiger charge is 2.22. The maximum Gasteiger partial charge on any atom is 0.213 e. The van der Waals surface area contributed by atoms with Crippen LogP contribution >= 0.6 is 0 Å². The summed E-state index contributed by atoms with van der Waals surface area (Å²) in [5, 5.41) is 11.0. The van der Waals surface area contributed by atoms with Crippen LogP contribution in [0.1, 0.15) is 24.0 Å². The van der Waals surface area contributed by atoms with Gasteiger partial charge in [-0.2, -0.15) is 5.10 Å². The minimum absolute atomic E-state index is 0.667. The number of hydrogen-bond acceptors (Lipinski definition) is 4. The Hall–Kier alpha value is -3.35. The lowest BCUT2D eigenvalue weighted by Crippen LogP contribution is -2.37. The van der Waals surface area contributed by atoms with E-state index >= 15 is 0 Å². The predicted octanol–water partition coefficient (Wildman–Crippen LogP) is 2.96. The first-order valence-electron chi connectivity index (χ1n) is 10.4. The highest BCUT2D eigenvalue weighted by Crippen LogP contribution is 2.29. The van der Waals surface area contributed by atoms with Gasteiger partial charge in [0.15, 0.2) is 5.96 Å². The maximum absolute atomic E-state index is 5.76. The summed E-state index contributed by atoms with van der Waals surface area (Å²) < 4.78 is 7.62. The molecule has 7 nitrogen and oxygen atoms in total. The van der Waals surface area contributed by atoms with E-state index in [0.717, 1.165) is 42.7 Å². The molecule has 0 bridgehead atoms. The number of hydrogen-bond donors (Lipinski definition) is 2. The summed E-state index contributed by atoms with van der Waals surface area (Å²) in [5.41, 5.74) is 3.44. The van der Waals surface area contributed by atoms with Gasteiger partial charge in [-0.15, -0.1) is 0 Å². The quantitative estimate of drug-likeness (QED) is 0.424. The standard InChI is InChI=1S/C23H28N6O/c1-24-23(27-16-20-10-12-25-22(15-20)30-17-19-3-4-19)26-13-9-18-5-7-21(8-6-18)29-14-2-11-28-29/h2,5-8,10-12,14-15,19H,3-4,9,13,16-17H2,1H3,(H2,24,26,27). The lowest BCUT2D eigenvalue weighted by atomic mass is 10.1. The van der Waals surface area contributed by atoms with Gasteiger partial charge in [-0.1, -0.05) is 12.1 Å². The van der Waals surface area contributed by atoms with Crippen LogP contribution in [-0.4, -0.2) is 40.9 Å². The second-order valence-electron chi connectivity index (χ2n) is 7.48. The zero-order chi connectivity index (χ0) is 20.6. The molecule has 0 unspecified atom stereocenters. The van der Waals surface area contributed by atoms with Crippen molar-refractivity contribution in [3.63, 3.8) is 0 Å². The normalized spacial score (nSPS) is 13.8. The summed E-state index contributed by atoms with van der Waals surface area (Å²) in [7, 11) is 1.78. The lowest BCUT2D eigenvalue weighted by molar-refractivity contribution is 0.288. The van der Waals surface area contributed by atoms with E-state index in [9.17, 15) is 0 Å². The van der Waals surface area contributed by atoms with Crippen LogP contribution in [0.25, 0.3) is 5.69 Å². The number of nitrogens with one attached hydrogen (secondary N) is 2. The number of ether oxygens (including phenoxy) is 1. The zero-order valence-corrected chi connectivity index (χ0v) is 17.3.